The minimum absolute atomic E-state index is 0.170. The zero-order chi connectivity index (χ0) is 12.5. The molecule has 0 aliphatic heterocycles. The fraction of sp³-hybridized carbons (Fsp3) is 0.600. The van der Waals surface area contributed by atoms with Gasteiger partial charge in [-0.2, -0.15) is 0 Å². The molecule has 1 saturated carbocycles. The molecule has 0 saturated heterocycles. The molecular formula is C15H24N2. The van der Waals surface area contributed by atoms with Crippen LogP contribution in [0.1, 0.15) is 42.0 Å². The topological polar surface area (TPSA) is 38.0 Å². The summed E-state index contributed by atoms with van der Waals surface area (Å²) >= 11 is 0. The van der Waals surface area contributed by atoms with Gasteiger partial charge in [0.2, 0.25) is 0 Å². The predicted molar refractivity (Wildman–Crippen MR) is 73.1 cm³/mol. The van der Waals surface area contributed by atoms with Crippen LogP contribution in [0.2, 0.25) is 0 Å². The Bertz CT molecular complexity index is 394. The number of nitrogens with one attached hydrogen (secondary N) is 1. The first kappa shape index (κ1) is 12.6. The lowest BCUT2D eigenvalue weighted by Gasteiger charge is -2.47. The summed E-state index contributed by atoms with van der Waals surface area (Å²) in [5, 5.41) is 3.32. The maximum atomic E-state index is 6.55. The van der Waals surface area contributed by atoms with Crippen LogP contribution in [-0.2, 0) is 0 Å². The first-order chi connectivity index (χ1) is 8.09. The summed E-state index contributed by atoms with van der Waals surface area (Å²) in [4.78, 5) is 0. The van der Waals surface area contributed by atoms with Crippen molar-refractivity contribution in [2.75, 3.05) is 13.6 Å². The minimum atomic E-state index is 0.170. The Kier molecular flexibility index (Phi) is 3.55. The summed E-state index contributed by atoms with van der Waals surface area (Å²) in [5.41, 5.74) is 10.8. The molecule has 0 amide bonds. The van der Waals surface area contributed by atoms with Gasteiger partial charge in [-0.15, -0.1) is 0 Å². The highest BCUT2D eigenvalue weighted by Gasteiger charge is 2.42. The molecule has 0 spiro atoms. The summed E-state index contributed by atoms with van der Waals surface area (Å²) in [6.45, 7) is 5.34. The molecule has 17 heavy (non-hydrogen) atoms. The van der Waals surface area contributed by atoms with Crippen molar-refractivity contribution in [2.24, 2.45) is 11.1 Å². The Balaban J connectivity index is 2.29. The van der Waals surface area contributed by atoms with Crippen molar-refractivity contribution >= 4 is 0 Å². The first-order valence-electron chi connectivity index (χ1n) is 6.56. The Morgan fingerprint density at radius 2 is 2.06 bits per heavy atom. The van der Waals surface area contributed by atoms with Crippen molar-refractivity contribution in [1.82, 2.24) is 5.32 Å². The van der Waals surface area contributed by atoms with Crippen LogP contribution >= 0.6 is 0 Å². The standard InChI is InChI=1S/C15H24N2/c1-11-5-6-12(2)13(9-11)14(16)15(10-17-3)7-4-8-15/h5-6,9,14,17H,4,7-8,10,16H2,1-3H3. The second-order valence-corrected chi connectivity index (χ2v) is 5.58. The highest BCUT2D eigenvalue weighted by molar-refractivity contribution is 5.34. The number of nitrogens with two attached hydrogens (primary N) is 1. The van der Waals surface area contributed by atoms with E-state index in [1.54, 1.807) is 0 Å². The molecule has 0 radical (unpaired) electrons. The first-order valence-corrected chi connectivity index (χ1v) is 6.56. The number of rotatable bonds is 4. The van der Waals surface area contributed by atoms with E-state index in [1.807, 2.05) is 7.05 Å². The average molecular weight is 232 g/mol. The summed E-state index contributed by atoms with van der Waals surface area (Å²) < 4.78 is 0. The molecule has 1 aromatic rings. The molecule has 1 unspecified atom stereocenters. The highest BCUT2D eigenvalue weighted by Crippen LogP contribution is 2.49. The van der Waals surface area contributed by atoms with Crippen LogP contribution in [0, 0.1) is 19.3 Å². The van der Waals surface area contributed by atoms with Gasteiger partial charge in [-0.05, 0) is 44.9 Å². The van der Waals surface area contributed by atoms with Crippen molar-refractivity contribution in [2.45, 2.75) is 39.2 Å². The van der Waals surface area contributed by atoms with E-state index in [0.717, 1.165) is 6.54 Å². The molecule has 94 valence electrons. The van der Waals surface area contributed by atoms with Crippen molar-refractivity contribution in [3.05, 3.63) is 34.9 Å². The van der Waals surface area contributed by atoms with Gasteiger partial charge in [0.25, 0.3) is 0 Å². The minimum Gasteiger partial charge on any atom is -0.323 e. The molecule has 0 bridgehead atoms. The van der Waals surface area contributed by atoms with E-state index in [2.05, 4.69) is 37.4 Å². The van der Waals surface area contributed by atoms with Gasteiger partial charge >= 0.3 is 0 Å². The summed E-state index contributed by atoms with van der Waals surface area (Å²) in [6.07, 6.45) is 3.82. The van der Waals surface area contributed by atoms with Crippen molar-refractivity contribution in [3.8, 4) is 0 Å². The molecular weight excluding hydrogens is 208 g/mol. The fourth-order valence-electron chi connectivity index (χ4n) is 3.01. The third-order valence-corrected chi connectivity index (χ3v) is 4.31. The highest BCUT2D eigenvalue weighted by atomic mass is 14.9. The van der Waals surface area contributed by atoms with E-state index in [-0.39, 0.29) is 11.5 Å². The van der Waals surface area contributed by atoms with E-state index in [0.29, 0.717) is 0 Å². The Morgan fingerprint density at radius 3 is 2.59 bits per heavy atom. The summed E-state index contributed by atoms with van der Waals surface area (Å²) in [6, 6.07) is 6.78. The summed E-state index contributed by atoms with van der Waals surface area (Å²) in [7, 11) is 2.02. The zero-order valence-electron chi connectivity index (χ0n) is 11.2. The van der Waals surface area contributed by atoms with Crippen LogP contribution in [-0.4, -0.2) is 13.6 Å². The molecule has 3 N–H and O–H groups in total. The SMILES string of the molecule is CNCC1(C(N)c2cc(C)ccc2C)CCC1. The van der Waals surface area contributed by atoms with Gasteiger partial charge in [-0.25, -0.2) is 0 Å². The predicted octanol–water partition coefficient (Wildman–Crippen LogP) is 2.69. The quantitative estimate of drug-likeness (QED) is 0.837. The normalized spacial score (nSPS) is 19.8. The lowest BCUT2D eigenvalue weighted by Crippen LogP contribution is -2.47. The van der Waals surface area contributed by atoms with Crippen LogP contribution in [0.25, 0.3) is 0 Å². The monoisotopic (exact) mass is 232 g/mol. The maximum Gasteiger partial charge on any atom is 0.0367 e. The van der Waals surface area contributed by atoms with Crippen LogP contribution in [0.15, 0.2) is 18.2 Å². The van der Waals surface area contributed by atoms with Crippen molar-refractivity contribution in [3.63, 3.8) is 0 Å². The number of benzene rings is 1. The van der Waals surface area contributed by atoms with Gasteiger partial charge in [0, 0.05) is 18.0 Å². The van der Waals surface area contributed by atoms with Gasteiger partial charge in [0.05, 0.1) is 0 Å². The second-order valence-electron chi connectivity index (χ2n) is 5.58. The van der Waals surface area contributed by atoms with E-state index in [9.17, 15) is 0 Å². The maximum absolute atomic E-state index is 6.55. The summed E-state index contributed by atoms with van der Waals surface area (Å²) in [5.74, 6) is 0. The molecule has 1 atom stereocenters. The third kappa shape index (κ3) is 2.24. The Labute approximate surface area is 105 Å². The van der Waals surface area contributed by atoms with Crippen molar-refractivity contribution < 1.29 is 0 Å². The smallest absolute Gasteiger partial charge is 0.0367 e. The molecule has 1 aliphatic carbocycles. The van der Waals surface area contributed by atoms with Crippen LogP contribution in [0.3, 0.4) is 0 Å². The van der Waals surface area contributed by atoms with E-state index < -0.39 is 0 Å². The average Bonchev–Trinajstić information content (AvgIpc) is 2.26. The molecule has 1 aliphatic rings. The molecule has 1 fully saturated rings. The van der Waals surface area contributed by atoms with Crippen LogP contribution in [0.5, 0.6) is 0 Å². The van der Waals surface area contributed by atoms with Gasteiger partial charge in [-0.3, -0.25) is 0 Å². The molecule has 2 nitrogen and oxygen atoms in total. The number of aryl methyl sites for hydroxylation is 2. The lowest BCUT2D eigenvalue weighted by atomic mass is 9.62. The molecule has 1 aromatic carbocycles. The van der Waals surface area contributed by atoms with Gasteiger partial charge in [-0.1, -0.05) is 30.2 Å². The molecule has 0 heterocycles. The van der Waals surface area contributed by atoms with Crippen molar-refractivity contribution in [1.29, 1.82) is 0 Å². The van der Waals surface area contributed by atoms with Gasteiger partial charge in [0.1, 0.15) is 0 Å². The number of hydrogen-bond acceptors (Lipinski definition) is 2. The van der Waals surface area contributed by atoms with E-state index >= 15 is 0 Å². The third-order valence-electron chi connectivity index (χ3n) is 4.31. The fourth-order valence-corrected chi connectivity index (χ4v) is 3.01. The molecule has 0 aromatic heterocycles. The van der Waals surface area contributed by atoms with E-state index in [4.69, 9.17) is 5.73 Å². The molecule has 2 rings (SSSR count). The lowest BCUT2D eigenvalue weighted by molar-refractivity contribution is 0.0944. The van der Waals surface area contributed by atoms with E-state index in [1.165, 1.54) is 36.0 Å². The number of hydrogen-bond donors (Lipinski definition) is 2. The Morgan fingerprint density at radius 1 is 1.35 bits per heavy atom. The van der Waals surface area contributed by atoms with Crippen LogP contribution < -0.4 is 11.1 Å². The zero-order valence-corrected chi connectivity index (χ0v) is 11.2. The van der Waals surface area contributed by atoms with Crippen LogP contribution in [0.4, 0.5) is 0 Å². The Hall–Kier alpha value is -0.860. The van der Waals surface area contributed by atoms with Gasteiger partial charge < -0.3 is 11.1 Å². The van der Waals surface area contributed by atoms with Gasteiger partial charge in [0.15, 0.2) is 0 Å². The molecule has 2 heteroatoms. The largest absolute Gasteiger partial charge is 0.323 e. The second kappa shape index (κ2) is 4.79.